The van der Waals surface area contributed by atoms with Crippen molar-refractivity contribution in [3.8, 4) is 10.6 Å². The Kier molecular flexibility index (Phi) is 4.79. The number of nitrogens with one attached hydrogen (secondary N) is 1. The molecular formula is C21H14F3N3OS. The third-order valence-corrected chi connectivity index (χ3v) is 5.55. The molecule has 0 bridgehead atoms. The summed E-state index contributed by atoms with van der Waals surface area (Å²) in [6.45, 7) is 1.69. The number of aryl methyl sites for hydroxylation is 1. The number of rotatable bonds is 3. The molecule has 8 heteroatoms. The number of pyridine rings is 1. The van der Waals surface area contributed by atoms with Crippen molar-refractivity contribution in [2.75, 3.05) is 5.32 Å². The molecule has 2 heterocycles. The third-order valence-electron chi connectivity index (χ3n) is 4.34. The van der Waals surface area contributed by atoms with Gasteiger partial charge in [0.1, 0.15) is 9.88 Å². The highest BCUT2D eigenvalue weighted by Gasteiger charge is 2.30. The van der Waals surface area contributed by atoms with E-state index in [4.69, 9.17) is 0 Å². The highest BCUT2D eigenvalue weighted by molar-refractivity contribution is 7.17. The Morgan fingerprint density at radius 3 is 2.48 bits per heavy atom. The minimum Gasteiger partial charge on any atom is -0.319 e. The van der Waals surface area contributed by atoms with Crippen LogP contribution in [-0.4, -0.2) is 15.9 Å². The van der Waals surface area contributed by atoms with E-state index in [9.17, 15) is 18.0 Å². The van der Waals surface area contributed by atoms with E-state index in [0.29, 0.717) is 32.3 Å². The van der Waals surface area contributed by atoms with Crippen LogP contribution in [0.3, 0.4) is 0 Å². The number of fused-ring (bicyclic) bond motifs is 1. The second-order valence-electron chi connectivity index (χ2n) is 6.34. The van der Waals surface area contributed by atoms with Gasteiger partial charge in [0.2, 0.25) is 0 Å². The molecule has 0 radical (unpaired) electrons. The van der Waals surface area contributed by atoms with Gasteiger partial charge in [-0.2, -0.15) is 13.2 Å². The Labute approximate surface area is 168 Å². The molecule has 0 aliphatic carbocycles. The van der Waals surface area contributed by atoms with Crippen molar-refractivity contribution >= 4 is 33.8 Å². The number of thiazole rings is 1. The number of nitrogens with zero attached hydrogens (tertiary/aromatic N) is 2. The summed E-state index contributed by atoms with van der Waals surface area (Å²) in [5.41, 5.74) is 1.56. The van der Waals surface area contributed by atoms with Crippen molar-refractivity contribution < 1.29 is 18.0 Å². The summed E-state index contributed by atoms with van der Waals surface area (Å²) in [4.78, 5) is 21.9. The summed E-state index contributed by atoms with van der Waals surface area (Å²) in [6.07, 6.45) is -2.74. The van der Waals surface area contributed by atoms with Crippen LogP contribution in [0.4, 0.5) is 18.9 Å². The summed E-state index contributed by atoms with van der Waals surface area (Å²) in [7, 11) is 0. The molecule has 0 saturated carbocycles. The molecule has 0 spiro atoms. The lowest BCUT2D eigenvalue weighted by atomic mass is 10.1. The van der Waals surface area contributed by atoms with Crippen LogP contribution < -0.4 is 5.32 Å². The fourth-order valence-corrected chi connectivity index (χ4v) is 3.88. The molecule has 4 aromatic rings. The smallest absolute Gasteiger partial charge is 0.319 e. The van der Waals surface area contributed by atoms with Gasteiger partial charge in [0.15, 0.2) is 0 Å². The average Bonchev–Trinajstić information content (AvgIpc) is 3.09. The lowest BCUT2D eigenvalue weighted by molar-refractivity contribution is -0.137. The third kappa shape index (κ3) is 3.84. The van der Waals surface area contributed by atoms with Gasteiger partial charge >= 0.3 is 6.18 Å². The predicted octanol–water partition coefficient (Wildman–Crippen LogP) is 5.94. The van der Waals surface area contributed by atoms with Crippen molar-refractivity contribution in [2.24, 2.45) is 0 Å². The van der Waals surface area contributed by atoms with Crippen molar-refractivity contribution in [3.63, 3.8) is 0 Å². The van der Waals surface area contributed by atoms with Gasteiger partial charge in [0, 0.05) is 17.1 Å². The van der Waals surface area contributed by atoms with Crippen LogP contribution in [0.2, 0.25) is 0 Å². The number of aromatic nitrogens is 2. The van der Waals surface area contributed by atoms with E-state index in [2.05, 4.69) is 15.3 Å². The van der Waals surface area contributed by atoms with Crippen molar-refractivity contribution in [1.82, 2.24) is 9.97 Å². The van der Waals surface area contributed by atoms with E-state index >= 15 is 0 Å². The van der Waals surface area contributed by atoms with Crippen LogP contribution in [0.25, 0.3) is 21.5 Å². The van der Waals surface area contributed by atoms with Gasteiger partial charge in [0.05, 0.1) is 22.5 Å². The number of alkyl halides is 3. The van der Waals surface area contributed by atoms with Crippen LogP contribution in [0, 0.1) is 6.92 Å². The molecule has 0 aliphatic rings. The first-order valence-electron chi connectivity index (χ1n) is 8.63. The first kappa shape index (κ1) is 19.1. The molecule has 0 fully saturated rings. The van der Waals surface area contributed by atoms with Crippen LogP contribution in [0.1, 0.15) is 20.9 Å². The number of amides is 1. The zero-order chi connectivity index (χ0) is 20.6. The number of para-hydroxylation sites is 1. The monoisotopic (exact) mass is 413 g/mol. The Morgan fingerprint density at radius 2 is 1.76 bits per heavy atom. The molecule has 0 saturated heterocycles. The number of hydrogen-bond donors (Lipinski definition) is 1. The maximum atomic E-state index is 12.8. The molecule has 0 unspecified atom stereocenters. The SMILES string of the molecule is Cc1nc(-c2ccc(C(F)(F)F)cc2)sc1C(=O)Nc1cccc2cccnc12. The zero-order valence-corrected chi connectivity index (χ0v) is 15.9. The largest absolute Gasteiger partial charge is 0.416 e. The van der Waals surface area contributed by atoms with Crippen molar-refractivity contribution in [3.05, 3.63) is 76.9 Å². The molecule has 4 rings (SSSR count). The van der Waals surface area contributed by atoms with Gasteiger partial charge in [-0.1, -0.05) is 30.3 Å². The first-order chi connectivity index (χ1) is 13.8. The van der Waals surface area contributed by atoms with Crippen molar-refractivity contribution in [2.45, 2.75) is 13.1 Å². The maximum Gasteiger partial charge on any atom is 0.416 e. The molecule has 146 valence electrons. The Morgan fingerprint density at radius 1 is 1.03 bits per heavy atom. The van der Waals surface area contributed by atoms with E-state index in [1.165, 1.54) is 12.1 Å². The van der Waals surface area contributed by atoms with Crippen LogP contribution >= 0.6 is 11.3 Å². The lowest BCUT2D eigenvalue weighted by Crippen LogP contribution is -2.12. The zero-order valence-electron chi connectivity index (χ0n) is 15.1. The number of hydrogen-bond acceptors (Lipinski definition) is 4. The van der Waals surface area contributed by atoms with E-state index in [1.54, 1.807) is 19.2 Å². The molecule has 2 aromatic heterocycles. The molecule has 0 aliphatic heterocycles. The average molecular weight is 413 g/mol. The van der Waals surface area contributed by atoms with Crippen LogP contribution in [0.15, 0.2) is 60.8 Å². The van der Waals surface area contributed by atoms with Gasteiger partial charge in [-0.25, -0.2) is 4.98 Å². The maximum absolute atomic E-state index is 12.8. The number of carbonyl (C=O) groups is 1. The standard InChI is InChI=1S/C21H14F3N3OS/c1-12-18(19(28)27-16-6-2-4-13-5-3-11-25-17(13)16)29-20(26-12)14-7-9-15(10-8-14)21(22,23)24/h2-11H,1H3,(H,27,28). The van der Waals surface area contributed by atoms with Gasteiger partial charge in [-0.05, 0) is 31.2 Å². The molecular weight excluding hydrogens is 399 g/mol. The summed E-state index contributed by atoms with van der Waals surface area (Å²) >= 11 is 1.13. The Balaban J connectivity index is 1.61. The second-order valence-corrected chi connectivity index (χ2v) is 7.34. The van der Waals surface area contributed by atoms with E-state index in [-0.39, 0.29) is 5.91 Å². The quantitative estimate of drug-likeness (QED) is 0.452. The highest BCUT2D eigenvalue weighted by atomic mass is 32.1. The van der Waals surface area contributed by atoms with Gasteiger partial charge in [0.25, 0.3) is 5.91 Å². The molecule has 4 nitrogen and oxygen atoms in total. The minimum absolute atomic E-state index is 0.337. The molecule has 2 aromatic carbocycles. The molecule has 29 heavy (non-hydrogen) atoms. The summed E-state index contributed by atoms with van der Waals surface area (Å²) in [5, 5.41) is 4.24. The fourth-order valence-electron chi connectivity index (χ4n) is 2.92. The van der Waals surface area contributed by atoms with E-state index < -0.39 is 11.7 Å². The predicted molar refractivity (Wildman–Crippen MR) is 107 cm³/mol. The highest BCUT2D eigenvalue weighted by Crippen LogP contribution is 2.33. The molecule has 1 amide bonds. The number of carbonyl (C=O) groups excluding carboxylic acids is 1. The normalized spacial score (nSPS) is 11.6. The molecule has 0 atom stereocenters. The summed E-state index contributed by atoms with van der Waals surface area (Å²) in [5.74, 6) is -0.337. The van der Waals surface area contributed by atoms with Crippen LogP contribution in [0.5, 0.6) is 0 Å². The topological polar surface area (TPSA) is 54.9 Å². The second kappa shape index (κ2) is 7.29. The molecule has 1 N–H and O–H groups in total. The van der Waals surface area contributed by atoms with Crippen molar-refractivity contribution in [1.29, 1.82) is 0 Å². The summed E-state index contributed by atoms with van der Waals surface area (Å²) < 4.78 is 38.2. The number of anilines is 1. The van der Waals surface area contributed by atoms with Gasteiger partial charge in [-0.3, -0.25) is 9.78 Å². The van der Waals surface area contributed by atoms with Gasteiger partial charge in [-0.15, -0.1) is 11.3 Å². The van der Waals surface area contributed by atoms with Gasteiger partial charge < -0.3 is 5.32 Å². The minimum atomic E-state index is -4.39. The fraction of sp³-hybridized carbons (Fsp3) is 0.0952. The Hall–Kier alpha value is -3.26. The van der Waals surface area contributed by atoms with E-state index in [0.717, 1.165) is 28.9 Å². The first-order valence-corrected chi connectivity index (χ1v) is 9.45. The number of benzene rings is 2. The van der Waals surface area contributed by atoms with Crippen LogP contribution in [-0.2, 0) is 6.18 Å². The van der Waals surface area contributed by atoms with E-state index in [1.807, 2.05) is 24.3 Å². The summed E-state index contributed by atoms with van der Waals surface area (Å²) in [6, 6.07) is 13.9. The Bertz CT molecular complexity index is 1190. The number of halogens is 3. The lowest BCUT2D eigenvalue weighted by Gasteiger charge is -2.07.